The fourth-order valence-corrected chi connectivity index (χ4v) is 7.21. The van der Waals surface area contributed by atoms with Crippen molar-refractivity contribution in [1.82, 2.24) is 14.7 Å². The Labute approximate surface area is 267 Å². The molecule has 2 aromatic carbocycles. The van der Waals surface area contributed by atoms with E-state index in [1.807, 2.05) is 6.92 Å². The third-order valence-corrected chi connectivity index (χ3v) is 9.68. The lowest BCUT2D eigenvalue weighted by Gasteiger charge is -2.37. The minimum Gasteiger partial charge on any atom is -0.456 e. The zero-order valence-corrected chi connectivity index (χ0v) is 26.0. The number of fused-ring (bicyclic) bond motifs is 1. The van der Waals surface area contributed by atoms with Crippen molar-refractivity contribution >= 4 is 47.0 Å². The predicted molar refractivity (Wildman–Crippen MR) is 163 cm³/mol. The van der Waals surface area contributed by atoms with E-state index >= 15 is 0 Å². The summed E-state index contributed by atoms with van der Waals surface area (Å²) in [5, 5.41) is 21.5. The van der Waals surface area contributed by atoms with Gasteiger partial charge in [-0.3, -0.25) is 34.7 Å². The maximum Gasteiger partial charge on any atom is 0.410 e. The van der Waals surface area contributed by atoms with Crippen LogP contribution in [-0.4, -0.2) is 86.4 Å². The number of likely N-dealkylation sites (tertiary alicyclic amines) is 1. The maximum absolute atomic E-state index is 13.4. The molecule has 4 atom stereocenters. The number of likely N-dealkylation sites (N-methyl/N-ethyl adjacent to an activating group) is 1. The zero-order valence-electron chi connectivity index (χ0n) is 25.2. The van der Waals surface area contributed by atoms with Crippen LogP contribution in [0.3, 0.4) is 0 Å². The highest BCUT2D eigenvalue weighted by Crippen LogP contribution is 2.49. The summed E-state index contributed by atoms with van der Waals surface area (Å²) in [7, 11) is 3.17. The topological polar surface area (TPSA) is 183 Å². The van der Waals surface area contributed by atoms with Crippen molar-refractivity contribution in [2.75, 3.05) is 20.6 Å². The number of benzene rings is 2. The lowest BCUT2D eigenvalue weighted by atomic mass is 9.94. The Hall–Kier alpha value is -4.99. The van der Waals surface area contributed by atoms with Crippen LogP contribution in [0.15, 0.2) is 59.1 Å². The van der Waals surface area contributed by atoms with E-state index in [1.54, 1.807) is 14.1 Å². The van der Waals surface area contributed by atoms with Gasteiger partial charge in [-0.15, -0.1) is 11.8 Å². The summed E-state index contributed by atoms with van der Waals surface area (Å²) in [6.45, 7) is 1.74. The molecule has 15 nitrogen and oxygen atoms in total. The molecule has 0 bridgehead atoms. The van der Waals surface area contributed by atoms with Crippen molar-refractivity contribution in [2.24, 2.45) is 5.92 Å². The van der Waals surface area contributed by atoms with E-state index in [0.29, 0.717) is 16.0 Å². The second-order valence-electron chi connectivity index (χ2n) is 11.4. The van der Waals surface area contributed by atoms with Gasteiger partial charge < -0.3 is 19.3 Å². The molecular formula is C30H31N5O10S. The highest BCUT2D eigenvalue weighted by atomic mass is 32.2. The fourth-order valence-electron chi connectivity index (χ4n) is 5.67. The Morgan fingerprint density at radius 3 is 1.98 bits per heavy atom. The molecule has 2 fully saturated rings. The second-order valence-corrected chi connectivity index (χ2v) is 12.7. The van der Waals surface area contributed by atoms with E-state index < -0.39 is 28.0 Å². The molecule has 0 radical (unpaired) electrons. The number of non-ortho nitro benzene ring substituents is 2. The lowest BCUT2D eigenvalue weighted by Crippen LogP contribution is -2.51. The molecule has 46 heavy (non-hydrogen) atoms. The van der Waals surface area contributed by atoms with Gasteiger partial charge in [0.25, 0.3) is 11.4 Å². The third-order valence-electron chi connectivity index (χ3n) is 8.19. The first-order valence-corrected chi connectivity index (χ1v) is 15.2. The SMILES string of the molecule is C[C@H]1C(S[C@H]2C[C@@H](C(=O)N(C)C)N(C(=O)OCc3ccc([N+](=O)[O-])cc3)C2)=C(C(=O)OCc2ccc([N+](=O)[O-])cc2)N2C(=O)C[C@@H]12. The number of rotatable bonds is 10. The van der Waals surface area contributed by atoms with Crippen molar-refractivity contribution < 1.29 is 38.5 Å². The average molecular weight is 654 g/mol. The largest absolute Gasteiger partial charge is 0.456 e. The standard InChI is InChI=1S/C30H31N5O10S/c1-17-23-13-25(36)33(23)26(29(38)44-15-18-4-8-20(9-5-18)34(40)41)27(17)46-22-12-24(28(37)31(2)3)32(14-22)30(39)45-16-19-6-10-21(11-7-19)35(42)43/h4-11,17,22-24H,12-16H2,1-3H3/t17-,22+,23+,24+/m1/s1. The molecule has 5 rings (SSSR count). The van der Waals surface area contributed by atoms with Gasteiger partial charge in [-0.2, -0.15) is 0 Å². The summed E-state index contributed by atoms with van der Waals surface area (Å²) in [5.41, 5.74) is 1.02. The number of esters is 1. The first-order valence-electron chi connectivity index (χ1n) is 14.4. The van der Waals surface area contributed by atoms with Crippen LogP contribution in [-0.2, 0) is 37.1 Å². The monoisotopic (exact) mass is 653 g/mol. The van der Waals surface area contributed by atoms with Crippen LogP contribution >= 0.6 is 11.8 Å². The smallest absolute Gasteiger partial charge is 0.410 e. The quantitative estimate of drug-likeness (QED) is 0.158. The van der Waals surface area contributed by atoms with Gasteiger partial charge >= 0.3 is 12.1 Å². The van der Waals surface area contributed by atoms with Gasteiger partial charge in [0.2, 0.25) is 11.8 Å². The summed E-state index contributed by atoms with van der Waals surface area (Å²) < 4.78 is 11.0. The van der Waals surface area contributed by atoms with Crippen LogP contribution in [0, 0.1) is 26.1 Å². The molecule has 0 saturated carbocycles. The van der Waals surface area contributed by atoms with Crippen molar-refractivity contribution in [3.8, 4) is 0 Å². The highest BCUT2D eigenvalue weighted by Gasteiger charge is 2.53. The summed E-state index contributed by atoms with van der Waals surface area (Å²) in [4.78, 5) is 77.9. The molecule has 3 heterocycles. The van der Waals surface area contributed by atoms with Gasteiger partial charge in [0.15, 0.2) is 0 Å². The molecule has 242 valence electrons. The van der Waals surface area contributed by atoms with Crippen molar-refractivity contribution in [3.05, 3.63) is 90.5 Å². The minimum atomic E-state index is -0.828. The van der Waals surface area contributed by atoms with E-state index in [2.05, 4.69) is 0 Å². The minimum absolute atomic E-state index is 0.0948. The Bertz CT molecular complexity index is 1610. The molecule has 0 aromatic heterocycles. The van der Waals surface area contributed by atoms with Crippen LogP contribution in [0.5, 0.6) is 0 Å². The molecule has 0 N–H and O–H groups in total. The fraction of sp³-hybridized carbons (Fsp3) is 0.400. The molecule has 3 amide bonds. The average Bonchev–Trinajstić information content (AvgIpc) is 3.55. The van der Waals surface area contributed by atoms with Gasteiger partial charge in [0, 0.05) is 67.4 Å². The lowest BCUT2D eigenvalue weighted by molar-refractivity contribution is -0.385. The predicted octanol–water partition coefficient (Wildman–Crippen LogP) is 3.61. The van der Waals surface area contributed by atoms with Gasteiger partial charge in [-0.25, -0.2) is 9.59 Å². The Morgan fingerprint density at radius 2 is 1.48 bits per heavy atom. The molecule has 2 aromatic rings. The summed E-state index contributed by atoms with van der Waals surface area (Å²) in [6, 6.07) is 10.1. The first-order chi connectivity index (χ1) is 21.8. The second kappa shape index (κ2) is 13.2. The van der Waals surface area contributed by atoms with E-state index in [-0.39, 0.29) is 78.7 Å². The van der Waals surface area contributed by atoms with Gasteiger partial charge in [-0.1, -0.05) is 6.92 Å². The highest BCUT2D eigenvalue weighted by molar-refractivity contribution is 8.03. The van der Waals surface area contributed by atoms with Gasteiger partial charge in [-0.05, 0) is 41.8 Å². The number of nitro benzene ring substituents is 2. The number of nitrogens with zero attached hydrogens (tertiary/aromatic N) is 5. The van der Waals surface area contributed by atoms with Crippen LogP contribution in [0.4, 0.5) is 16.2 Å². The molecule has 3 aliphatic rings. The molecule has 0 aliphatic carbocycles. The Morgan fingerprint density at radius 1 is 0.935 bits per heavy atom. The van der Waals surface area contributed by atoms with E-state index in [1.165, 1.54) is 75.0 Å². The van der Waals surface area contributed by atoms with Crippen LogP contribution in [0.1, 0.15) is 30.9 Å². The number of hydrogen-bond donors (Lipinski definition) is 0. The molecular weight excluding hydrogens is 622 g/mol. The van der Waals surface area contributed by atoms with Gasteiger partial charge in [0.1, 0.15) is 25.0 Å². The zero-order chi connectivity index (χ0) is 33.3. The molecule has 3 aliphatic heterocycles. The summed E-state index contributed by atoms with van der Waals surface area (Å²) in [5.74, 6) is -1.40. The number of β-lactam (4-membered cyclic amide) rings is 1. The molecule has 0 unspecified atom stereocenters. The molecule has 16 heteroatoms. The maximum atomic E-state index is 13.4. The number of hydrogen-bond acceptors (Lipinski definition) is 11. The summed E-state index contributed by atoms with van der Waals surface area (Å²) >= 11 is 1.33. The van der Waals surface area contributed by atoms with Crippen LogP contribution in [0.2, 0.25) is 0 Å². The number of carbonyl (C=O) groups is 4. The normalized spacial score (nSPS) is 21.8. The van der Waals surface area contributed by atoms with Crippen molar-refractivity contribution in [3.63, 3.8) is 0 Å². The Kier molecular flexibility index (Phi) is 9.27. The van der Waals surface area contributed by atoms with Gasteiger partial charge in [0.05, 0.1) is 15.9 Å². The summed E-state index contributed by atoms with van der Waals surface area (Å²) in [6.07, 6.45) is -0.177. The van der Waals surface area contributed by atoms with Crippen molar-refractivity contribution in [2.45, 2.75) is 50.3 Å². The van der Waals surface area contributed by atoms with E-state index in [0.717, 1.165) is 0 Å². The van der Waals surface area contributed by atoms with Crippen LogP contribution in [0.25, 0.3) is 0 Å². The molecule has 2 saturated heterocycles. The molecule has 0 spiro atoms. The number of thioether (sulfide) groups is 1. The number of nitro groups is 2. The number of carbonyl (C=O) groups excluding carboxylic acids is 4. The van der Waals surface area contributed by atoms with E-state index in [4.69, 9.17) is 9.47 Å². The number of ether oxygens (including phenoxy) is 2. The first kappa shape index (κ1) is 32.4. The Balaban J connectivity index is 1.31. The van der Waals surface area contributed by atoms with Crippen molar-refractivity contribution in [1.29, 1.82) is 0 Å². The third kappa shape index (κ3) is 6.51. The number of amides is 3. The van der Waals surface area contributed by atoms with Crippen LogP contribution < -0.4 is 0 Å². The van der Waals surface area contributed by atoms with E-state index in [9.17, 15) is 39.4 Å².